The minimum absolute atomic E-state index is 0.363. The lowest BCUT2D eigenvalue weighted by atomic mass is 10.2. The van der Waals surface area contributed by atoms with Crippen LogP contribution in [0.4, 0.5) is 5.69 Å². The summed E-state index contributed by atoms with van der Waals surface area (Å²) in [4.78, 5) is 0. The molecule has 15 heavy (non-hydrogen) atoms. The molecule has 80 valence electrons. The maximum atomic E-state index is 11.1. The van der Waals surface area contributed by atoms with Crippen LogP contribution >= 0.6 is 27.5 Å². The van der Waals surface area contributed by atoms with Crippen molar-refractivity contribution in [2.75, 3.05) is 9.93 Å². The van der Waals surface area contributed by atoms with Gasteiger partial charge in [0, 0.05) is 10.2 Å². The molecule has 0 radical (unpaired) electrons. The molecule has 0 aromatic heterocycles. The molecule has 0 saturated heterocycles. The van der Waals surface area contributed by atoms with Gasteiger partial charge in [0.15, 0.2) is 0 Å². The number of nitrogens with zero attached hydrogens (tertiary/aromatic N) is 1. The molecule has 0 spiro atoms. The van der Waals surface area contributed by atoms with Crippen LogP contribution in [0.5, 0.6) is 0 Å². The normalized spacial score (nSPS) is 10.7. The zero-order valence-electron chi connectivity index (χ0n) is 7.37. The summed E-state index contributed by atoms with van der Waals surface area (Å²) in [6.07, 6.45) is 0. The molecule has 0 atom stereocenters. The van der Waals surface area contributed by atoms with E-state index in [0.29, 0.717) is 15.7 Å². The van der Waals surface area contributed by atoms with E-state index in [1.807, 2.05) is 6.07 Å². The average molecular weight is 310 g/mol. The second-order valence-electron chi connectivity index (χ2n) is 2.63. The number of nitriles is 1. The first-order valence-corrected chi connectivity index (χ1v) is 6.72. The van der Waals surface area contributed by atoms with Crippen molar-refractivity contribution in [3.63, 3.8) is 0 Å². The number of nitrogens with one attached hydrogen (secondary N) is 1. The van der Waals surface area contributed by atoms with Crippen molar-refractivity contribution in [1.29, 1.82) is 5.26 Å². The predicted octanol–water partition coefficient (Wildman–Crippen LogP) is 2.26. The van der Waals surface area contributed by atoms with Crippen LogP contribution in [0.25, 0.3) is 0 Å². The van der Waals surface area contributed by atoms with Gasteiger partial charge in [0.05, 0.1) is 5.56 Å². The van der Waals surface area contributed by atoms with Gasteiger partial charge in [0.1, 0.15) is 11.3 Å². The molecule has 0 amide bonds. The van der Waals surface area contributed by atoms with Crippen molar-refractivity contribution in [2.45, 2.75) is 0 Å². The second kappa shape index (κ2) is 4.84. The Balaban J connectivity index is 3.01. The van der Waals surface area contributed by atoms with Gasteiger partial charge in [0.25, 0.3) is 0 Å². The zero-order chi connectivity index (χ0) is 11.5. The summed E-state index contributed by atoms with van der Waals surface area (Å²) in [7, 11) is -3.50. The Kier molecular flexibility index (Phi) is 3.97. The Morgan fingerprint density at radius 2 is 2.20 bits per heavy atom. The van der Waals surface area contributed by atoms with E-state index in [0.717, 1.165) is 0 Å². The maximum Gasteiger partial charge on any atom is 0.246 e. The van der Waals surface area contributed by atoms with Crippen LogP contribution in [0.3, 0.4) is 0 Å². The van der Waals surface area contributed by atoms with E-state index >= 15 is 0 Å². The summed E-state index contributed by atoms with van der Waals surface area (Å²) in [5, 5.41) is 8.14. The molecule has 4 nitrogen and oxygen atoms in total. The number of rotatable bonds is 3. The molecule has 0 bridgehead atoms. The fourth-order valence-electron chi connectivity index (χ4n) is 0.876. The van der Waals surface area contributed by atoms with E-state index in [9.17, 15) is 8.42 Å². The molecule has 1 N–H and O–H groups in total. The molecule has 1 aromatic rings. The number of anilines is 1. The summed E-state index contributed by atoms with van der Waals surface area (Å²) >= 11 is 8.37. The van der Waals surface area contributed by atoms with Crippen LogP contribution in [0, 0.1) is 11.3 Å². The van der Waals surface area contributed by atoms with Gasteiger partial charge in [-0.3, -0.25) is 4.72 Å². The largest absolute Gasteiger partial charge is 0.283 e. The first-order chi connectivity index (χ1) is 6.98. The highest BCUT2D eigenvalue weighted by Crippen LogP contribution is 2.21. The van der Waals surface area contributed by atoms with Crippen LogP contribution in [0.15, 0.2) is 22.7 Å². The van der Waals surface area contributed by atoms with Crippen molar-refractivity contribution in [1.82, 2.24) is 0 Å². The third-order valence-electron chi connectivity index (χ3n) is 1.51. The Bertz CT molecular complexity index is 510. The molecule has 0 unspecified atom stereocenters. The molecule has 0 aliphatic rings. The van der Waals surface area contributed by atoms with Crippen molar-refractivity contribution in [2.24, 2.45) is 0 Å². The fraction of sp³-hybridized carbons (Fsp3) is 0.125. The quantitative estimate of drug-likeness (QED) is 0.871. The smallest absolute Gasteiger partial charge is 0.246 e. The molecule has 7 heteroatoms. The van der Waals surface area contributed by atoms with Crippen molar-refractivity contribution in [3.05, 3.63) is 28.2 Å². The standard InChI is InChI=1S/C8H6BrClN2O2S/c9-8-3-7(2-1-6(8)4-11)12-15(13,14)5-10/h1-3,12H,5H2. The summed E-state index contributed by atoms with van der Waals surface area (Å²) in [5.41, 5.74) is 0.797. The minimum Gasteiger partial charge on any atom is -0.283 e. The van der Waals surface area contributed by atoms with E-state index in [4.69, 9.17) is 16.9 Å². The van der Waals surface area contributed by atoms with E-state index in [1.54, 1.807) is 0 Å². The van der Waals surface area contributed by atoms with Crippen LogP contribution in [0.2, 0.25) is 0 Å². The van der Waals surface area contributed by atoms with Gasteiger partial charge in [-0.05, 0) is 34.1 Å². The SMILES string of the molecule is N#Cc1ccc(NS(=O)(=O)CCl)cc1Br. The highest BCUT2D eigenvalue weighted by molar-refractivity contribution is 9.10. The predicted molar refractivity (Wildman–Crippen MR) is 62.1 cm³/mol. The Hall–Kier alpha value is -0.770. The highest BCUT2D eigenvalue weighted by Gasteiger charge is 2.09. The Morgan fingerprint density at radius 1 is 1.53 bits per heavy atom. The van der Waals surface area contributed by atoms with Gasteiger partial charge in [-0.1, -0.05) is 0 Å². The lowest BCUT2D eigenvalue weighted by Gasteiger charge is -2.05. The molecule has 0 heterocycles. The number of benzene rings is 1. The first-order valence-electron chi connectivity index (χ1n) is 3.74. The molecule has 1 rings (SSSR count). The molecule has 0 fully saturated rings. The number of alkyl halides is 1. The number of halogens is 2. The lowest BCUT2D eigenvalue weighted by Crippen LogP contribution is -2.13. The van der Waals surface area contributed by atoms with Crippen molar-refractivity contribution in [3.8, 4) is 6.07 Å². The van der Waals surface area contributed by atoms with Crippen LogP contribution in [0.1, 0.15) is 5.56 Å². The zero-order valence-corrected chi connectivity index (χ0v) is 10.5. The number of sulfonamides is 1. The molecule has 0 aliphatic carbocycles. The molecule has 0 saturated carbocycles. The van der Waals surface area contributed by atoms with Gasteiger partial charge >= 0.3 is 0 Å². The minimum atomic E-state index is -3.50. The van der Waals surface area contributed by atoms with Crippen molar-refractivity contribution >= 4 is 43.2 Å². The van der Waals surface area contributed by atoms with Gasteiger partial charge in [0.2, 0.25) is 10.0 Å². The summed E-state index contributed by atoms with van der Waals surface area (Å²) in [6, 6.07) is 6.46. The van der Waals surface area contributed by atoms with E-state index in [2.05, 4.69) is 20.7 Å². The van der Waals surface area contributed by atoms with Gasteiger partial charge < -0.3 is 0 Å². The molecule has 1 aromatic carbocycles. The lowest BCUT2D eigenvalue weighted by molar-refractivity contribution is 0.605. The van der Waals surface area contributed by atoms with E-state index < -0.39 is 15.2 Å². The monoisotopic (exact) mass is 308 g/mol. The third-order valence-corrected chi connectivity index (χ3v) is 3.86. The Morgan fingerprint density at radius 3 is 2.67 bits per heavy atom. The molecular formula is C8H6BrClN2O2S. The van der Waals surface area contributed by atoms with Crippen LogP contribution in [-0.4, -0.2) is 13.6 Å². The first kappa shape index (κ1) is 12.3. The average Bonchev–Trinajstić information content (AvgIpc) is 2.17. The maximum absolute atomic E-state index is 11.1. The van der Waals surface area contributed by atoms with Crippen LogP contribution in [-0.2, 0) is 10.0 Å². The second-order valence-corrected chi connectivity index (χ2v) is 5.79. The topological polar surface area (TPSA) is 70.0 Å². The van der Waals surface area contributed by atoms with Gasteiger partial charge in [-0.25, -0.2) is 8.42 Å². The molecular weight excluding hydrogens is 304 g/mol. The van der Waals surface area contributed by atoms with Gasteiger partial charge in [-0.15, -0.1) is 11.6 Å². The summed E-state index contributed by atoms with van der Waals surface area (Å²) < 4.78 is 25.0. The van der Waals surface area contributed by atoms with E-state index in [1.165, 1.54) is 18.2 Å². The fourth-order valence-corrected chi connectivity index (χ4v) is 2.05. The van der Waals surface area contributed by atoms with Crippen LogP contribution < -0.4 is 4.72 Å². The van der Waals surface area contributed by atoms with Crippen molar-refractivity contribution < 1.29 is 8.42 Å². The molecule has 0 aliphatic heterocycles. The number of hydrogen-bond donors (Lipinski definition) is 1. The summed E-state index contributed by atoms with van der Waals surface area (Å²) in [6.45, 7) is 0. The van der Waals surface area contributed by atoms with E-state index in [-0.39, 0.29) is 0 Å². The summed E-state index contributed by atoms with van der Waals surface area (Å²) in [5.74, 6) is 0. The Labute approximate surface area is 101 Å². The highest BCUT2D eigenvalue weighted by atomic mass is 79.9. The van der Waals surface area contributed by atoms with Gasteiger partial charge in [-0.2, -0.15) is 5.26 Å². The number of hydrogen-bond acceptors (Lipinski definition) is 3. The third kappa shape index (κ3) is 3.38.